The first-order valence-electron chi connectivity index (χ1n) is 9.63. The summed E-state index contributed by atoms with van der Waals surface area (Å²) in [5.41, 5.74) is 2.08. The summed E-state index contributed by atoms with van der Waals surface area (Å²) in [5, 5.41) is 3.52. The molecule has 0 atom stereocenters. The van der Waals surface area contributed by atoms with Crippen molar-refractivity contribution < 1.29 is 18.0 Å². The van der Waals surface area contributed by atoms with E-state index in [0.29, 0.717) is 11.2 Å². The summed E-state index contributed by atoms with van der Waals surface area (Å²) in [6.07, 6.45) is 0.781. The lowest BCUT2D eigenvalue weighted by molar-refractivity contribution is 0.0711. The zero-order valence-corrected chi connectivity index (χ0v) is 16.3. The van der Waals surface area contributed by atoms with Crippen molar-refractivity contribution in [3.8, 4) is 0 Å². The Morgan fingerprint density at radius 2 is 2.04 bits per heavy atom. The summed E-state index contributed by atoms with van der Waals surface area (Å²) in [6.45, 7) is 4.53. The van der Waals surface area contributed by atoms with Crippen LogP contribution in [0.1, 0.15) is 71.8 Å². The van der Waals surface area contributed by atoms with Gasteiger partial charge in [-0.3, -0.25) is 4.79 Å². The number of hydrogen-bond donors (Lipinski definition) is 0. The maximum absolute atomic E-state index is 14.5. The number of carbonyl (C=O) groups excluding carboxylic acids is 1. The highest BCUT2D eigenvalue weighted by atomic mass is 19.3. The van der Waals surface area contributed by atoms with Crippen LogP contribution in [0, 0.1) is 12.9 Å². The van der Waals surface area contributed by atoms with Crippen LogP contribution in [0.25, 0.3) is 0 Å². The van der Waals surface area contributed by atoms with Gasteiger partial charge in [-0.25, -0.2) is 13.5 Å². The van der Waals surface area contributed by atoms with Gasteiger partial charge in [-0.2, -0.15) is 9.49 Å². The Morgan fingerprint density at radius 1 is 1.36 bits per heavy atom. The zero-order valence-electron chi connectivity index (χ0n) is 16.3. The highest BCUT2D eigenvalue weighted by Gasteiger charge is 2.42. The molecule has 2 aliphatic rings. The van der Waals surface area contributed by atoms with Crippen LogP contribution in [0.2, 0.25) is 0 Å². The first-order valence-corrected chi connectivity index (χ1v) is 9.63. The average Bonchev–Trinajstić information content (AvgIpc) is 3.56. The van der Waals surface area contributed by atoms with E-state index >= 15 is 0 Å². The molecule has 1 amide bonds. The summed E-state index contributed by atoms with van der Waals surface area (Å²) in [4.78, 5) is 14.7. The maximum atomic E-state index is 14.5. The molecule has 0 unspecified atom stereocenters. The van der Waals surface area contributed by atoms with Crippen LogP contribution in [0.15, 0.2) is 18.2 Å². The van der Waals surface area contributed by atoms with E-state index < -0.39 is 29.5 Å². The van der Waals surface area contributed by atoms with Crippen LogP contribution in [-0.2, 0) is 19.0 Å². The van der Waals surface area contributed by atoms with Crippen molar-refractivity contribution in [1.29, 1.82) is 0 Å². The lowest BCUT2D eigenvalue weighted by Crippen LogP contribution is -2.34. The van der Waals surface area contributed by atoms with Crippen LogP contribution < -0.4 is 0 Å². The van der Waals surface area contributed by atoms with Crippen LogP contribution in [0.4, 0.5) is 13.2 Å². The van der Waals surface area contributed by atoms with Crippen molar-refractivity contribution in [2.75, 3.05) is 0 Å². The van der Waals surface area contributed by atoms with E-state index in [9.17, 15) is 18.0 Å². The Labute approximate surface area is 162 Å². The van der Waals surface area contributed by atoms with Gasteiger partial charge in [0.25, 0.3) is 12.3 Å². The molecule has 7 heteroatoms. The predicted octanol–water partition coefficient (Wildman–Crippen LogP) is 4.66. The molecule has 4 rings (SSSR count). The van der Waals surface area contributed by atoms with Crippen molar-refractivity contribution in [2.45, 2.75) is 64.0 Å². The molecule has 0 saturated heterocycles. The minimum atomic E-state index is -3.00. The summed E-state index contributed by atoms with van der Waals surface area (Å²) >= 11 is 0. The summed E-state index contributed by atoms with van der Waals surface area (Å²) < 4.78 is 41.9. The third-order valence-corrected chi connectivity index (χ3v) is 5.93. The maximum Gasteiger partial charge on any atom is 0.283 e. The van der Waals surface area contributed by atoms with E-state index in [1.54, 1.807) is 4.90 Å². The molecule has 0 N–H and O–H groups in total. The smallest absolute Gasteiger partial charge is 0.283 e. The molecule has 1 aromatic heterocycles. The molecule has 0 spiro atoms. The van der Waals surface area contributed by atoms with Crippen LogP contribution in [0.5, 0.6) is 0 Å². The minimum absolute atomic E-state index is 0.0428. The highest BCUT2D eigenvalue weighted by molar-refractivity contribution is 5.96. The molecule has 4 nitrogen and oxygen atoms in total. The van der Waals surface area contributed by atoms with E-state index in [1.165, 1.54) is 12.6 Å². The molecule has 2 saturated carbocycles. The molecular formula is C21H24F3N3O. The quantitative estimate of drug-likeness (QED) is 0.718. The Bertz CT molecular complexity index is 929. The number of halogens is 3. The van der Waals surface area contributed by atoms with Crippen LogP contribution in [0.3, 0.4) is 0 Å². The fourth-order valence-electron chi connectivity index (χ4n) is 3.80. The molecule has 1 aromatic carbocycles. The number of benzene rings is 1. The molecule has 28 heavy (non-hydrogen) atoms. The van der Waals surface area contributed by atoms with Gasteiger partial charge in [0.1, 0.15) is 11.3 Å². The van der Waals surface area contributed by atoms with Gasteiger partial charge in [-0.15, -0.1) is 0 Å². The number of amides is 1. The fourth-order valence-corrected chi connectivity index (χ4v) is 3.80. The van der Waals surface area contributed by atoms with E-state index in [0.717, 1.165) is 36.8 Å². The molecule has 0 bridgehead atoms. The second-order valence-electron chi connectivity index (χ2n) is 8.36. The van der Waals surface area contributed by atoms with Crippen molar-refractivity contribution >= 4 is 5.91 Å². The Morgan fingerprint density at radius 3 is 2.61 bits per heavy atom. The largest absolute Gasteiger partial charge is 0.331 e. The molecule has 1 heterocycles. The topological polar surface area (TPSA) is 38.1 Å². The predicted molar refractivity (Wildman–Crippen MR) is 98.8 cm³/mol. The second-order valence-corrected chi connectivity index (χ2v) is 8.36. The molecule has 0 aliphatic heterocycles. The van der Waals surface area contributed by atoms with Gasteiger partial charge in [0.2, 0.25) is 5.95 Å². The van der Waals surface area contributed by atoms with E-state index in [1.807, 2.05) is 19.1 Å². The van der Waals surface area contributed by atoms with Gasteiger partial charge in [0.05, 0.1) is 0 Å². The standard InChI is InChI=1S/C21H24F3N3O/c1-12-4-5-13(15(10-12)21(2)8-9-21)11-27(14-6-7-14)20(28)16-17(18(22)23)25-26(3)19(16)24/h4-5,10,14,18H,6-9,11H2,1-3H3. The third-order valence-electron chi connectivity index (χ3n) is 5.93. The van der Waals surface area contributed by atoms with Crippen LogP contribution >= 0.6 is 0 Å². The first-order chi connectivity index (χ1) is 13.2. The van der Waals surface area contributed by atoms with E-state index in [2.05, 4.69) is 18.1 Å². The van der Waals surface area contributed by atoms with Crippen molar-refractivity contribution in [1.82, 2.24) is 14.7 Å². The zero-order chi connectivity index (χ0) is 20.2. The molecule has 150 valence electrons. The number of aromatic nitrogens is 2. The first kappa shape index (κ1) is 19.0. The summed E-state index contributed by atoms with van der Waals surface area (Å²) in [5.74, 6) is -1.71. The average molecular weight is 391 g/mol. The molecular weight excluding hydrogens is 367 g/mol. The molecule has 2 aromatic rings. The summed E-state index contributed by atoms with van der Waals surface area (Å²) in [7, 11) is 1.23. The number of aryl methyl sites for hydroxylation is 2. The van der Waals surface area contributed by atoms with Gasteiger partial charge < -0.3 is 4.90 Å². The third kappa shape index (κ3) is 3.31. The number of rotatable bonds is 6. The number of carbonyl (C=O) groups is 1. The van der Waals surface area contributed by atoms with Crippen LogP contribution in [-0.4, -0.2) is 26.6 Å². The minimum Gasteiger partial charge on any atom is -0.331 e. The fraction of sp³-hybridized carbons (Fsp3) is 0.524. The van der Waals surface area contributed by atoms with Crippen molar-refractivity contribution in [3.05, 3.63) is 52.1 Å². The molecule has 2 aliphatic carbocycles. The Hall–Kier alpha value is -2.31. The summed E-state index contributed by atoms with van der Waals surface area (Å²) in [6, 6.07) is 6.10. The second kappa shape index (κ2) is 6.64. The molecule has 2 fully saturated rings. The lowest BCUT2D eigenvalue weighted by atomic mass is 9.91. The number of hydrogen-bond acceptors (Lipinski definition) is 2. The number of alkyl halides is 2. The van der Waals surface area contributed by atoms with Gasteiger partial charge in [-0.1, -0.05) is 30.7 Å². The Balaban J connectivity index is 1.70. The van der Waals surface area contributed by atoms with Gasteiger partial charge in [-0.05, 0) is 49.1 Å². The van der Waals surface area contributed by atoms with E-state index in [-0.39, 0.29) is 11.5 Å². The van der Waals surface area contributed by atoms with Gasteiger partial charge in [0, 0.05) is 19.6 Å². The Kier molecular flexibility index (Phi) is 4.51. The monoisotopic (exact) mass is 391 g/mol. The van der Waals surface area contributed by atoms with Gasteiger partial charge >= 0.3 is 0 Å². The highest BCUT2D eigenvalue weighted by Crippen LogP contribution is 2.49. The normalized spacial score (nSPS) is 17.8. The lowest BCUT2D eigenvalue weighted by Gasteiger charge is -2.25. The van der Waals surface area contributed by atoms with Crippen molar-refractivity contribution in [3.63, 3.8) is 0 Å². The molecule has 0 radical (unpaired) electrons. The van der Waals surface area contributed by atoms with E-state index in [4.69, 9.17) is 0 Å². The van der Waals surface area contributed by atoms with Gasteiger partial charge in [0.15, 0.2) is 0 Å². The number of nitrogens with zero attached hydrogens (tertiary/aromatic N) is 3. The van der Waals surface area contributed by atoms with Crippen molar-refractivity contribution in [2.24, 2.45) is 7.05 Å². The SMILES string of the molecule is Cc1ccc(CN(C(=O)c2c(C(F)F)nn(C)c2F)C2CC2)c(C2(C)CC2)c1.